The number of nitrogens with one attached hydrogen (secondary N) is 2. The van der Waals surface area contributed by atoms with Crippen LogP contribution in [0.15, 0.2) is 23.1 Å². The van der Waals surface area contributed by atoms with Gasteiger partial charge in [0.1, 0.15) is 16.4 Å². The van der Waals surface area contributed by atoms with Crippen molar-refractivity contribution in [3.8, 4) is 11.5 Å². The summed E-state index contributed by atoms with van der Waals surface area (Å²) in [5.74, 6) is 0.727. The molecule has 1 aromatic carbocycles. The first-order chi connectivity index (χ1) is 10.0. The van der Waals surface area contributed by atoms with Crippen LogP contribution < -0.4 is 19.5 Å². The molecule has 0 saturated heterocycles. The smallest absolute Gasteiger partial charge is 0.244 e. The number of benzene rings is 1. The fourth-order valence-corrected chi connectivity index (χ4v) is 2.86. The summed E-state index contributed by atoms with van der Waals surface area (Å²) in [6.45, 7) is 2.03. The van der Waals surface area contributed by atoms with Gasteiger partial charge in [-0.05, 0) is 12.1 Å². The first-order valence-corrected chi connectivity index (χ1v) is 7.95. The number of methoxy groups -OCH3 is 3. The molecular weight excluding hydrogens is 332 g/mol. The van der Waals surface area contributed by atoms with Crippen molar-refractivity contribution in [1.82, 2.24) is 10.0 Å². The van der Waals surface area contributed by atoms with Crippen molar-refractivity contribution in [3.05, 3.63) is 18.2 Å². The van der Waals surface area contributed by atoms with Crippen molar-refractivity contribution in [2.24, 2.45) is 0 Å². The van der Waals surface area contributed by atoms with E-state index in [4.69, 9.17) is 14.2 Å². The van der Waals surface area contributed by atoms with Gasteiger partial charge >= 0.3 is 0 Å². The third-order valence-electron chi connectivity index (χ3n) is 2.74. The van der Waals surface area contributed by atoms with Crippen LogP contribution in [-0.2, 0) is 14.8 Å². The molecular formula is C13H23ClN2O5S. The van der Waals surface area contributed by atoms with Crippen LogP contribution in [0.2, 0.25) is 0 Å². The number of sulfonamides is 1. The molecule has 0 atom stereocenters. The Bertz CT molecular complexity index is 539. The Labute approximate surface area is 137 Å². The summed E-state index contributed by atoms with van der Waals surface area (Å²) < 4.78 is 42.1. The number of hydrogen-bond acceptors (Lipinski definition) is 6. The van der Waals surface area contributed by atoms with Gasteiger partial charge in [0.15, 0.2) is 0 Å². The molecule has 9 heteroatoms. The molecule has 22 heavy (non-hydrogen) atoms. The molecule has 0 amide bonds. The Hall–Kier alpha value is -1.06. The summed E-state index contributed by atoms with van der Waals surface area (Å²) in [5.41, 5.74) is 0. The highest BCUT2D eigenvalue weighted by molar-refractivity contribution is 7.89. The third kappa shape index (κ3) is 6.37. The molecule has 0 spiro atoms. The minimum Gasteiger partial charge on any atom is -0.497 e. The monoisotopic (exact) mass is 354 g/mol. The molecule has 1 aromatic rings. The van der Waals surface area contributed by atoms with Gasteiger partial charge < -0.3 is 19.5 Å². The fraction of sp³-hybridized carbons (Fsp3) is 0.538. The second kappa shape index (κ2) is 10.6. The normalized spacial score (nSPS) is 10.9. The lowest BCUT2D eigenvalue weighted by Crippen LogP contribution is -2.33. The van der Waals surface area contributed by atoms with Crippen molar-refractivity contribution >= 4 is 22.4 Å². The van der Waals surface area contributed by atoms with Crippen LogP contribution in [0.25, 0.3) is 0 Å². The van der Waals surface area contributed by atoms with E-state index >= 15 is 0 Å². The van der Waals surface area contributed by atoms with Crippen molar-refractivity contribution in [2.75, 3.05) is 47.6 Å². The Morgan fingerprint density at radius 3 is 2.36 bits per heavy atom. The van der Waals surface area contributed by atoms with Crippen LogP contribution in [0.1, 0.15) is 0 Å². The zero-order valence-electron chi connectivity index (χ0n) is 12.9. The van der Waals surface area contributed by atoms with Gasteiger partial charge in [-0.2, -0.15) is 0 Å². The first kappa shape index (κ1) is 20.9. The fourth-order valence-electron chi connectivity index (χ4n) is 1.64. The second-order valence-electron chi connectivity index (χ2n) is 4.16. The summed E-state index contributed by atoms with van der Waals surface area (Å²) >= 11 is 0. The molecule has 128 valence electrons. The lowest BCUT2D eigenvalue weighted by atomic mass is 10.3. The predicted octanol–water partition coefficient (Wildman–Crippen LogP) is 0.640. The third-order valence-corrected chi connectivity index (χ3v) is 4.22. The van der Waals surface area contributed by atoms with Crippen molar-refractivity contribution in [1.29, 1.82) is 0 Å². The molecule has 0 aliphatic carbocycles. The van der Waals surface area contributed by atoms with Crippen LogP contribution in [-0.4, -0.2) is 56.0 Å². The molecule has 0 bridgehead atoms. The number of halogens is 1. The molecule has 7 nitrogen and oxygen atoms in total. The largest absolute Gasteiger partial charge is 0.497 e. The summed E-state index contributed by atoms with van der Waals surface area (Å²) in [6, 6.07) is 4.63. The molecule has 0 unspecified atom stereocenters. The van der Waals surface area contributed by atoms with Crippen LogP contribution in [0, 0.1) is 0 Å². The zero-order valence-corrected chi connectivity index (χ0v) is 14.6. The minimum absolute atomic E-state index is 0. The standard InChI is InChI=1S/C13H22N2O5S.ClH/c1-18-9-8-14-6-7-15-21(16,17)13-10-11(19-2)4-5-12(13)20-3;/h4-5,10,14-15H,6-9H2,1-3H3;1H. The van der Waals surface area contributed by atoms with Crippen LogP contribution in [0.5, 0.6) is 11.5 Å². The number of rotatable bonds is 10. The maximum Gasteiger partial charge on any atom is 0.244 e. The quantitative estimate of drug-likeness (QED) is 0.600. The maximum absolute atomic E-state index is 12.3. The number of ether oxygens (including phenoxy) is 3. The highest BCUT2D eigenvalue weighted by Crippen LogP contribution is 2.27. The molecule has 0 aliphatic heterocycles. The van der Waals surface area contributed by atoms with Gasteiger partial charge in [0.2, 0.25) is 10.0 Å². The van der Waals surface area contributed by atoms with Gasteiger partial charge in [0, 0.05) is 32.8 Å². The first-order valence-electron chi connectivity index (χ1n) is 6.46. The highest BCUT2D eigenvalue weighted by Gasteiger charge is 2.19. The second-order valence-corrected chi connectivity index (χ2v) is 5.89. The van der Waals surface area contributed by atoms with E-state index < -0.39 is 10.0 Å². The van der Waals surface area contributed by atoms with Crippen molar-refractivity contribution < 1.29 is 22.6 Å². The van der Waals surface area contributed by atoms with E-state index in [1.807, 2.05) is 0 Å². The van der Waals surface area contributed by atoms with E-state index in [0.717, 1.165) is 0 Å². The summed E-state index contributed by atoms with van der Waals surface area (Å²) in [6.07, 6.45) is 0. The topological polar surface area (TPSA) is 85.9 Å². The van der Waals surface area contributed by atoms with Gasteiger partial charge in [-0.15, -0.1) is 12.4 Å². The highest BCUT2D eigenvalue weighted by atomic mass is 35.5. The zero-order chi connectivity index (χ0) is 15.7. The molecule has 0 saturated carbocycles. The van der Waals surface area contributed by atoms with E-state index in [1.165, 1.54) is 20.3 Å². The molecule has 0 radical (unpaired) electrons. The Kier molecular flexibility index (Phi) is 10.1. The predicted molar refractivity (Wildman–Crippen MR) is 86.7 cm³/mol. The average molecular weight is 355 g/mol. The van der Waals surface area contributed by atoms with Gasteiger partial charge in [0.05, 0.1) is 20.8 Å². The van der Waals surface area contributed by atoms with E-state index in [0.29, 0.717) is 25.4 Å². The Morgan fingerprint density at radius 2 is 1.77 bits per heavy atom. The van der Waals surface area contributed by atoms with Crippen molar-refractivity contribution in [3.63, 3.8) is 0 Å². The van der Waals surface area contributed by atoms with E-state index in [1.54, 1.807) is 19.2 Å². The van der Waals surface area contributed by atoms with Gasteiger partial charge in [-0.1, -0.05) is 0 Å². The van der Waals surface area contributed by atoms with Gasteiger partial charge in [-0.3, -0.25) is 0 Å². The summed E-state index contributed by atoms with van der Waals surface area (Å²) in [7, 11) is 0.857. The van der Waals surface area contributed by atoms with E-state index in [2.05, 4.69) is 10.0 Å². The SMILES string of the molecule is COCCNCCNS(=O)(=O)c1cc(OC)ccc1OC.Cl. The average Bonchev–Trinajstić information content (AvgIpc) is 2.50. The van der Waals surface area contributed by atoms with Crippen LogP contribution in [0.4, 0.5) is 0 Å². The molecule has 2 N–H and O–H groups in total. The lowest BCUT2D eigenvalue weighted by Gasteiger charge is -2.12. The van der Waals surface area contributed by atoms with Crippen LogP contribution >= 0.6 is 12.4 Å². The van der Waals surface area contributed by atoms with Gasteiger partial charge in [0.25, 0.3) is 0 Å². The minimum atomic E-state index is -3.65. The number of hydrogen-bond donors (Lipinski definition) is 2. The molecule has 0 aliphatic rings. The Balaban J connectivity index is 0.00000441. The summed E-state index contributed by atoms with van der Waals surface area (Å²) in [4.78, 5) is 0.0567. The van der Waals surface area contributed by atoms with Crippen molar-refractivity contribution in [2.45, 2.75) is 4.90 Å². The maximum atomic E-state index is 12.3. The van der Waals surface area contributed by atoms with Crippen LogP contribution in [0.3, 0.4) is 0 Å². The van der Waals surface area contributed by atoms with E-state index in [9.17, 15) is 8.42 Å². The molecule has 0 aromatic heterocycles. The van der Waals surface area contributed by atoms with Gasteiger partial charge in [-0.25, -0.2) is 13.1 Å². The molecule has 0 heterocycles. The lowest BCUT2D eigenvalue weighted by molar-refractivity contribution is 0.199. The molecule has 0 fully saturated rings. The molecule has 1 rings (SSSR count). The summed E-state index contributed by atoms with van der Waals surface area (Å²) in [5, 5.41) is 3.05. The van der Waals surface area contributed by atoms with E-state index in [-0.39, 0.29) is 29.6 Å². The Morgan fingerprint density at radius 1 is 1.05 bits per heavy atom.